The van der Waals surface area contributed by atoms with E-state index in [1.54, 1.807) is 11.8 Å². The summed E-state index contributed by atoms with van der Waals surface area (Å²) in [6.07, 6.45) is 0. The highest BCUT2D eigenvalue weighted by molar-refractivity contribution is 6.00. The highest BCUT2D eigenvalue weighted by atomic mass is 16.2. The predicted molar refractivity (Wildman–Crippen MR) is 73.4 cm³/mol. The van der Waals surface area contributed by atoms with Crippen LogP contribution >= 0.6 is 0 Å². The van der Waals surface area contributed by atoms with E-state index < -0.39 is 0 Å². The molecule has 5 nitrogen and oxygen atoms in total. The van der Waals surface area contributed by atoms with E-state index in [1.165, 1.54) is 0 Å². The lowest BCUT2D eigenvalue weighted by Gasteiger charge is -2.31. The van der Waals surface area contributed by atoms with Crippen molar-refractivity contribution in [2.45, 2.75) is 19.5 Å². The van der Waals surface area contributed by atoms with Gasteiger partial charge in [0, 0.05) is 12.1 Å². The molecule has 1 unspecified atom stereocenters. The number of carbonyl (C=O) groups excluding carboxylic acids is 2. The summed E-state index contributed by atoms with van der Waals surface area (Å²) in [5, 5.41) is 11.1. The summed E-state index contributed by atoms with van der Waals surface area (Å²) < 4.78 is 0. The maximum absolute atomic E-state index is 11.6. The summed E-state index contributed by atoms with van der Waals surface area (Å²) in [6.45, 7) is 2.23. The summed E-state index contributed by atoms with van der Waals surface area (Å²) in [4.78, 5) is 24.9. The first kappa shape index (κ1) is 14.3. The number of nitrogens with zero attached hydrogens (tertiary/aromatic N) is 1. The fourth-order valence-corrected chi connectivity index (χ4v) is 2.10. The minimum absolute atomic E-state index is 0.189. The van der Waals surface area contributed by atoms with Crippen LogP contribution in [0.1, 0.15) is 18.1 Å². The third kappa shape index (κ3) is 3.23. The van der Waals surface area contributed by atoms with Gasteiger partial charge in [-0.15, -0.1) is 0 Å². The van der Waals surface area contributed by atoms with Crippen molar-refractivity contribution >= 4 is 11.8 Å². The van der Waals surface area contributed by atoms with Gasteiger partial charge in [-0.25, -0.2) is 0 Å². The van der Waals surface area contributed by atoms with E-state index in [0.717, 1.165) is 11.1 Å². The molecule has 1 aliphatic rings. The number of benzene rings is 1. The number of aliphatic hydroxyl groups is 1. The van der Waals surface area contributed by atoms with Crippen molar-refractivity contribution in [1.82, 2.24) is 10.2 Å². The molecule has 0 radical (unpaired) electrons. The highest BCUT2D eigenvalue weighted by Crippen LogP contribution is 2.14. The second-order valence-electron chi connectivity index (χ2n) is 4.61. The van der Waals surface area contributed by atoms with Crippen LogP contribution < -0.4 is 5.32 Å². The van der Waals surface area contributed by atoms with Crippen molar-refractivity contribution in [3.05, 3.63) is 35.4 Å². The summed E-state index contributed by atoms with van der Waals surface area (Å²) in [5.74, 6) is 4.93. The van der Waals surface area contributed by atoms with E-state index in [1.807, 2.05) is 24.3 Å². The zero-order chi connectivity index (χ0) is 14.5. The van der Waals surface area contributed by atoms with Gasteiger partial charge in [0.2, 0.25) is 11.8 Å². The molecule has 1 atom stereocenters. The number of carbonyl (C=O) groups is 2. The van der Waals surface area contributed by atoms with Crippen LogP contribution in [0.4, 0.5) is 0 Å². The Kier molecular flexibility index (Phi) is 4.51. The van der Waals surface area contributed by atoms with Crippen molar-refractivity contribution in [2.75, 3.05) is 13.2 Å². The zero-order valence-electron chi connectivity index (χ0n) is 11.2. The lowest BCUT2D eigenvalue weighted by molar-refractivity contribution is -0.139. The molecule has 1 aliphatic heterocycles. The van der Waals surface area contributed by atoms with Gasteiger partial charge in [0.25, 0.3) is 0 Å². The first-order chi connectivity index (χ1) is 9.61. The average Bonchev–Trinajstić information content (AvgIpc) is 2.43. The van der Waals surface area contributed by atoms with E-state index in [-0.39, 0.29) is 31.0 Å². The van der Waals surface area contributed by atoms with Gasteiger partial charge in [-0.1, -0.05) is 30.0 Å². The van der Waals surface area contributed by atoms with Gasteiger partial charge in [-0.05, 0) is 18.6 Å². The molecule has 2 rings (SSSR count). The van der Waals surface area contributed by atoms with Crippen molar-refractivity contribution in [3.63, 3.8) is 0 Å². The molecular weight excluding hydrogens is 256 g/mol. The molecule has 2 N–H and O–H groups in total. The van der Waals surface area contributed by atoms with Crippen molar-refractivity contribution in [1.29, 1.82) is 0 Å². The first-order valence-electron chi connectivity index (χ1n) is 6.37. The van der Waals surface area contributed by atoms with Crippen LogP contribution in [0.15, 0.2) is 24.3 Å². The molecule has 1 aromatic rings. The molecule has 0 aliphatic carbocycles. The molecule has 1 heterocycles. The summed E-state index contributed by atoms with van der Waals surface area (Å²) >= 11 is 0. The Morgan fingerprint density at radius 1 is 1.40 bits per heavy atom. The fraction of sp³-hybridized carbons (Fsp3) is 0.333. The van der Waals surface area contributed by atoms with Crippen LogP contribution in [0.3, 0.4) is 0 Å². The number of amides is 2. The standard InChI is InChI=1S/C15H16N2O3/c1-11-15(20)16-14(19)10-17(11)9-13-6-3-2-5-12(13)7-4-8-18/h2-3,5-6,11,18H,8-10H2,1H3,(H,16,19,20). The Morgan fingerprint density at radius 3 is 2.90 bits per heavy atom. The quantitative estimate of drug-likeness (QED) is 0.581. The Hall–Kier alpha value is -2.16. The molecule has 20 heavy (non-hydrogen) atoms. The van der Waals surface area contributed by atoms with Crippen LogP contribution in [0, 0.1) is 11.8 Å². The van der Waals surface area contributed by atoms with Crippen molar-refractivity contribution < 1.29 is 14.7 Å². The minimum atomic E-state index is -0.355. The monoisotopic (exact) mass is 272 g/mol. The number of hydrogen-bond acceptors (Lipinski definition) is 4. The van der Waals surface area contributed by atoms with E-state index >= 15 is 0 Å². The first-order valence-corrected chi connectivity index (χ1v) is 6.37. The van der Waals surface area contributed by atoms with Crippen LogP contribution in [0.2, 0.25) is 0 Å². The number of hydrogen-bond donors (Lipinski definition) is 2. The lowest BCUT2D eigenvalue weighted by atomic mass is 10.1. The van der Waals surface area contributed by atoms with Gasteiger partial charge in [-0.2, -0.15) is 0 Å². The normalized spacial score (nSPS) is 19.2. The third-order valence-corrected chi connectivity index (χ3v) is 3.23. The zero-order valence-corrected chi connectivity index (χ0v) is 11.2. The van der Waals surface area contributed by atoms with E-state index in [2.05, 4.69) is 17.2 Å². The highest BCUT2D eigenvalue weighted by Gasteiger charge is 2.30. The molecule has 0 aromatic heterocycles. The maximum atomic E-state index is 11.6. The number of rotatable bonds is 2. The lowest BCUT2D eigenvalue weighted by Crippen LogP contribution is -2.56. The molecule has 0 saturated carbocycles. The predicted octanol–water partition coefficient (Wildman–Crippen LogP) is -0.123. The molecular formula is C15H16N2O3. The summed E-state index contributed by atoms with van der Waals surface area (Å²) in [7, 11) is 0. The second kappa shape index (κ2) is 6.33. The van der Waals surface area contributed by atoms with E-state index in [9.17, 15) is 9.59 Å². The largest absolute Gasteiger partial charge is 0.384 e. The summed E-state index contributed by atoms with van der Waals surface area (Å²) in [6, 6.07) is 7.16. The van der Waals surface area contributed by atoms with Crippen LogP contribution in [-0.2, 0) is 16.1 Å². The van der Waals surface area contributed by atoms with Crippen LogP contribution in [-0.4, -0.2) is 41.0 Å². The van der Waals surface area contributed by atoms with Crippen molar-refractivity contribution in [3.8, 4) is 11.8 Å². The SMILES string of the molecule is CC1C(=O)NC(=O)CN1Cc1ccccc1C#CCO. The van der Waals surface area contributed by atoms with Crippen molar-refractivity contribution in [2.24, 2.45) is 0 Å². The van der Waals surface area contributed by atoms with Gasteiger partial charge >= 0.3 is 0 Å². The smallest absolute Gasteiger partial charge is 0.243 e. The molecule has 1 aromatic carbocycles. The third-order valence-electron chi connectivity index (χ3n) is 3.23. The van der Waals surface area contributed by atoms with E-state index in [4.69, 9.17) is 5.11 Å². The molecule has 0 bridgehead atoms. The van der Waals surface area contributed by atoms with Gasteiger partial charge in [0.1, 0.15) is 6.61 Å². The van der Waals surface area contributed by atoms with Gasteiger partial charge in [0.15, 0.2) is 0 Å². The summed E-state index contributed by atoms with van der Waals surface area (Å²) in [5.41, 5.74) is 1.73. The van der Waals surface area contributed by atoms with Crippen LogP contribution in [0.5, 0.6) is 0 Å². The molecule has 5 heteroatoms. The number of aliphatic hydroxyl groups excluding tert-OH is 1. The number of imide groups is 1. The van der Waals surface area contributed by atoms with Crippen LogP contribution in [0.25, 0.3) is 0 Å². The molecule has 104 valence electrons. The maximum Gasteiger partial charge on any atom is 0.243 e. The molecule has 0 spiro atoms. The van der Waals surface area contributed by atoms with E-state index in [0.29, 0.717) is 6.54 Å². The Balaban J connectivity index is 2.21. The molecule has 1 fully saturated rings. The number of nitrogens with one attached hydrogen (secondary N) is 1. The Morgan fingerprint density at radius 2 is 2.15 bits per heavy atom. The fourth-order valence-electron chi connectivity index (χ4n) is 2.10. The second-order valence-corrected chi connectivity index (χ2v) is 4.61. The number of piperazine rings is 1. The molecule has 2 amide bonds. The average molecular weight is 272 g/mol. The van der Waals surface area contributed by atoms with Gasteiger partial charge in [0.05, 0.1) is 12.6 Å². The Labute approximate surface area is 117 Å². The van der Waals surface area contributed by atoms with Gasteiger partial charge < -0.3 is 5.11 Å². The molecule has 1 saturated heterocycles. The van der Waals surface area contributed by atoms with Gasteiger partial charge in [-0.3, -0.25) is 19.8 Å². The Bertz CT molecular complexity index is 586. The minimum Gasteiger partial charge on any atom is -0.384 e. The topological polar surface area (TPSA) is 69.6 Å².